The maximum atomic E-state index is 9.05. The van der Waals surface area contributed by atoms with Crippen LogP contribution in [0.25, 0.3) is 0 Å². The van der Waals surface area contributed by atoms with Gasteiger partial charge in [0.1, 0.15) is 6.07 Å². The summed E-state index contributed by atoms with van der Waals surface area (Å²) in [5.41, 5.74) is 2.89. The van der Waals surface area contributed by atoms with Crippen LogP contribution < -0.4 is 5.32 Å². The normalized spacial score (nSPS) is 11.9. The molecule has 1 N–H and O–H groups in total. The predicted octanol–water partition coefficient (Wildman–Crippen LogP) is 4.25. The first kappa shape index (κ1) is 13.6. The summed E-state index contributed by atoms with van der Waals surface area (Å²) < 4.78 is 0. The average Bonchev–Trinajstić information content (AvgIpc) is 2.29. The van der Waals surface area contributed by atoms with Gasteiger partial charge in [0.15, 0.2) is 0 Å². The van der Waals surface area contributed by atoms with Gasteiger partial charge in [-0.15, -0.1) is 0 Å². The lowest BCUT2D eigenvalue weighted by Gasteiger charge is -2.16. The molecule has 0 aliphatic heterocycles. The summed E-state index contributed by atoms with van der Waals surface area (Å²) in [5.74, 6) is 0. The summed E-state index contributed by atoms with van der Waals surface area (Å²) in [6, 6.07) is 8.57. The van der Waals surface area contributed by atoms with E-state index in [2.05, 4.69) is 31.3 Å². The first-order valence-electron chi connectivity index (χ1n) is 6.44. The van der Waals surface area contributed by atoms with Crippen LogP contribution >= 0.6 is 0 Å². The zero-order valence-electron chi connectivity index (χ0n) is 11.1. The van der Waals surface area contributed by atoms with E-state index >= 15 is 0 Å². The molecule has 1 atom stereocenters. The lowest BCUT2D eigenvalue weighted by molar-refractivity contribution is 0.615. The molecule has 0 radical (unpaired) electrons. The van der Waals surface area contributed by atoms with E-state index in [1.807, 2.05) is 19.1 Å². The second kappa shape index (κ2) is 6.96. The molecule has 1 aromatic rings. The van der Waals surface area contributed by atoms with E-state index in [0.29, 0.717) is 6.04 Å². The molecule has 0 bridgehead atoms. The van der Waals surface area contributed by atoms with E-state index < -0.39 is 0 Å². The van der Waals surface area contributed by atoms with Gasteiger partial charge in [0, 0.05) is 6.04 Å². The molecule has 0 saturated heterocycles. The van der Waals surface area contributed by atoms with E-state index in [1.165, 1.54) is 24.8 Å². The fraction of sp³-hybridized carbons (Fsp3) is 0.533. The molecule has 0 aromatic heterocycles. The Morgan fingerprint density at radius 1 is 1.35 bits per heavy atom. The Labute approximate surface area is 105 Å². The van der Waals surface area contributed by atoms with Crippen molar-refractivity contribution < 1.29 is 0 Å². The third-order valence-electron chi connectivity index (χ3n) is 2.94. The first-order chi connectivity index (χ1) is 8.17. The Kier molecular flexibility index (Phi) is 5.56. The van der Waals surface area contributed by atoms with E-state index in [0.717, 1.165) is 17.7 Å². The van der Waals surface area contributed by atoms with E-state index in [-0.39, 0.29) is 0 Å². The molecule has 0 heterocycles. The first-order valence-corrected chi connectivity index (χ1v) is 6.44. The molecule has 0 amide bonds. The van der Waals surface area contributed by atoms with Crippen LogP contribution in [0.5, 0.6) is 0 Å². The third kappa shape index (κ3) is 4.48. The monoisotopic (exact) mass is 230 g/mol. The van der Waals surface area contributed by atoms with Crippen LogP contribution in [0.2, 0.25) is 0 Å². The Morgan fingerprint density at radius 3 is 2.76 bits per heavy atom. The van der Waals surface area contributed by atoms with Crippen LogP contribution in [0.15, 0.2) is 18.2 Å². The highest BCUT2D eigenvalue weighted by molar-refractivity contribution is 5.59. The van der Waals surface area contributed by atoms with Crippen molar-refractivity contribution in [2.24, 2.45) is 0 Å². The van der Waals surface area contributed by atoms with Crippen molar-refractivity contribution in [2.75, 3.05) is 5.32 Å². The molecule has 1 aromatic carbocycles. The molecule has 2 nitrogen and oxygen atoms in total. The van der Waals surface area contributed by atoms with Gasteiger partial charge in [-0.1, -0.05) is 32.3 Å². The lowest BCUT2D eigenvalue weighted by Crippen LogP contribution is -2.15. The van der Waals surface area contributed by atoms with Gasteiger partial charge in [-0.2, -0.15) is 5.26 Å². The van der Waals surface area contributed by atoms with Crippen LogP contribution in [0.1, 0.15) is 50.7 Å². The summed E-state index contributed by atoms with van der Waals surface area (Å²) in [6.07, 6.45) is 4.94. The molecule has 1 rings (SSSR count). The maximum Gasteiger partial charge on any atom is 0.101 e. The summed E-state index contributed by atoms with van der Waals surface area (Å²) in [6.45, 7) is 6.44. The van der Waals surface area contributed by atoms with Crippen LogP contribution in [-0.2, 0) is 0 Å². The summed E-state index contributed by atoms with van der Waals surface area (Å²) >= 11 is 0. The van der Waals surface area contributed by atoms with E-state index in [4.69, 9.17) is 5.26 Å². The maximum absolute atomic E-state index is 9.05. The highest BCUT2D eigenvalue weighted by Crippen LogP contribution is 2.19. The number of nitriles is 1. The topological polar surface area (TPSA) is 35.8 Å². The number of benzene rings is 1. The molecule has 17 heavy (non-hydrogen) atoms. The van der Waals surface area contributed by atoms with Gasteiger partial charge in [-0.05, 0) is 38.0 Å². The van der Waals surface area contributed by atoms with Crippen LogP contribution in [0.3, 0.4) is 0 Å². The second-order valence-corrected chi connectivity index (χ2v) is 4.70. The van der Waals surface area contributed by atoms with Gasteiger partial charge in [0.2, 0.25) is 0 Å². The summed E-state index contributed by atoms with van der Waals surface area (Å²) in [5, 5.41) is 12.5. The number of hydrogen-bond acceptors (Lipinski definition) is 2. The van der Waals surface area contributed by atoms with Gasteiger partial charge in [-0.25, -0.2) is 0 Å². The predicted molar refractivity (Wildman–Crippen MR) is 73.1 cm³/mol. The van der Waals surface area contributed by atoms with Crippen LogP contribution in [-0.4, -0.2) is 6.04 Å². The van der Waals surface area contributed by atoms with Crippen molar-refractivity contribution in [3.05, 3.63) is 29.3 Å². The summed E-state index contributed by atoms with van der Waals surface area (Å²) in [4.78, 5) is 0. The number of hydrogen-bond donors (Lipinski definition) is 1. The van der Waals surface area contributed by atoms with Crippen molar-refractivity contribution in [3.63, 3.8) is 0 Å². The highest BCUT2D eigenvalue weighted by atomic mass is 14.9. The molecular formula is C15H22N2. The van der Waals surface area contributed by atoms with Crippen LogP contribution in [0, 0.1) is 18.3 Å². The van der Waals surface area contributed by atoms with Crippen molar-refractivity contribution in [2.45, 2.75) is 52.5 Å². The minimum absolute atomic E-state index is 0.426. The van der Waals surface area contributed by atoms with Crippen molar-refractivity contribution >= 4 is 5.69 Å². The van der Waals surface area contributed by atoms with Gasteiger partial charge in [-0.3, -0.25) is 0 Å². The van der Waals surface area contributed by atoms with Crippen molar-refractivity contribution in [1.29, 1.82) is 5.26 Å². The molecule has 0 aliphatic carbocycles. The quantitative estimate of drug-likeness (QED) is 0.742. The number of nitrogens with one attached hydrogen (secondary N) is 1. The largest absolute Gasteiger partial charge is 0.382 e. The van der Waals surface area contributed by atoms with Gasteiger partial charge >= 0.3 is 0 Å². The zero-order chi connectivity index (χ0) is 12.7. The standard InChI is InChI=1S/C15H22N2/c1-4-5-6-7-13(3)17-15-10-12(2)8-9-14(15)11-16/h8-10,13,17H,4-7H2,1-3H3. The fourth-order valence-electron chi connectivity index (χ4n) is 1.91. The van der Waals surface area contributed by atoms with Crippen molar-refractivity contribution in [1.82, 2.24) is 0 Å². The number of aryl methyl sites for hydroxylation is 1. The van der Waals surface area contributed by atoms with Crippen LogP contribution in [0.4, 0.5) is 5.69 Å². The van der Waals surface area contributed by atoms with E-state index in [1.54, 1.807) is 0 Å². The molecule has 92 valence electrons. The van der Waals surface area contributed by atoms with Crippen molar-refractivity contribution in [3.8, 4) is 6.07 Å². The number of nitrogens with zero attached hydrogens (tertiary/aromatic N) is 1. The van der Waals surface area contributed by atoms with Gasteiger partial charge in [0.05, 0.1) is 11.3 Å². The average molecular weight is 230 g/mol. The SMILES string of the molecule is CCCCCC(C)Nc1cc(C)ccc1C#N. The fourth-order valence-corrected chi connectivity index (χ4v) is 1.91. The van der Waals surface area contributed by atoms with Gasteiger partial charge in [0.25, 0.3) is 0 Å². The zero-order valence-corrected chi connectivity index (χ0v) is 11.1. The minimum Gasteiger partial charge on any atom is -0.382 e. The molecule has 0 saturated carbocycles. The Morgan fingerprint density at radius 2 is 2.12 bits per heavy atom. The molecule has 0 aliphatic rings. The third-order valence-corrected chi connectivity index (χ3v) is 2.94. The molecule has 2 heteroatoms. The molecule has 0 spiro atoms. The number of unbranched alkanes of at least 4 members (excludes halogenated alkanes) is 2. The summed E-state index contributed by atoms with van der Waals surface area (Å²) in [7, 11) is 0. The second-order valence-electron chi connectivity index (χ2n) is 4.70. The van der Waals surface area contributed by atoms with E-state index in [9.17, 15) is 0 Å². The smallest absolute Gasteiger partial charge is 0.101 e. The highest BCUT2D eigenvalue weighted by Gasteiger charge is 2.06. The lowest BCUT2D eigenvalue weighted by atomic mass is 10.1. The number of anilines is 1. The molecule has 0 fully saturated rings. The Hall–Kier alpha value is -1.49. The Bertz CT molecular complexity index is 390. The molecule has 1 unspecified atom stereocenters. The molecular weight excluding hydrogens is 208 g/mol. The minimum atomic E-state index is 0.426. The van der Waals surface area contributed by atoms with Gasteiger partial charge < -0.3 is 5.32 Å². The number of rotatable bonds is 6. The Balaban J connectivity index is 2.61.